The van der Waals surface area contributed by atoms with Crippen molar-refractivity contribution >= 4 is 0 Å². The molecule has 0 saturated heterocycles. The van der Waals surface area contributed by atoms with Gasteiger partial charge in [0.05, 0.1) is 6.61 Å². The van der Waals surface area contributed by atoms with Gasteiger partial charge in [-0.2, -0.15) is 0 Å². The number of phenolic OH excluding ortho intramolecular Hbond substituents is 1. The van der Waals surface area contributed by atoms with Gasteiger partial charge in [-0.05, 0) is 18.9 Å². The Bertz CT molecular complexity index is 326. The largest absolute Gasteiger partial charge is 0.508 e. The van der Waals surface area contributed by atoms with E-state index in [1.165, 1.54) is 0 Å². The fourth-order valence-electron chi connectivity index (χ4n) is 1.63. The third kappa shape index (κ3) is 4.75. The summed E-state index contributed by atoms with van der Waals surface area (Å²) >= 11 is 0. The number of hydrogen-bond donors (Lipinski definition) is 2. The number of hydrogen-bond acceptors (Lipinski definition) is 3. The smallest absolute Gasteiger partial charge is 0.120 e. The van der Waals surface area contributed by atoms with Gasteiger partial charge in [-0.15, -0.1) is 0 Å². The van der Waals surface area contributed by atoms with Gasteiger partial charge in [-0.3, -0.25) is 0 Å². The number of rotatable bonds is 7. The van der Waals surface area contributed by atoms with Crippen LogP contribution in [0.15, 0.2) is 24.3 Å². The van der Waals surface area contributed by atoms with Crippen LogP contribution in [-0.4, -0.2) is 24.4 Å². The molecule has 0 fully saturated rings. The molecular formula is C14H23NO2. The number of phenols is 1. The van der Waals surface area contributed by atoms with Gasteiger partial charge in [0.15, 0.2) is 0 Å². The number of aromatic hydroxyl groups is 1. The lowest BCUT2D eigenvalue weighted by atomic mass is 10.0. The Morgan fingerprint density at radius 1 is 1.29 bits per heavy atom. The van der Waals surface area contributed by atoms with Crippen molar-refractivity contribution in [3.05, 3.63) is 29.8 Å². The van der Waals surface area contributed by atoms with Crippen LogP contribution in [0.2, 0.25) is 0 Å². The summed E-state index contributed by atoms with van der Waals surface area (Å²) in [5.41, 5.74) is 0.926. The van der Waals surface area contributed by atoms with Crippen molar-refractivity contribution in [2.75, 3.05) is 13.2 Å². The normalized spacial score (nSPS) is 12.9. The Labute approximate surface area is 104 Å². The molecule has 0 amide bonds. The highest BCUT2D eigenvalue weighted by Crippen LogP contribution is 2.15. The SMILES string of the molecule is CCOCC(NCc1ccccc1O)C(C)C. The van der Waals surface area contributed by atoms with Crippen LogP contribution >= 0.6 is 0 Å². The summed E-state index contributed by atoms with van der Waals surface area (Å²) in [6.07, 6.45) is 0. The lowest BCUT2D eigenvalue weighted by Crippen LogP contribution is -2.37. The van der Waals surface area contributed by atoms with E-state index in [0.717, 1.165) is 12.2 Å². The van der Waals surface area contributed by atoms with Crippen molar-refractivity contribution in [2.24, 2.45) is 5.92 Å². The van der Waals surface area contributed by atoms with Gasteiger partial charge < -0.3 is 15.2 Å². The van der Waals surface area contributed by atoms with Crippen LogP contribution in [0.1, 0.15) is 26.3 Å². The van der Waals surface area contributed by atoms with E-state index in [-0.39, 0.29) is 0 Å². The fourth-order valence-corrected chi connectivity index (χ4v) is 1.63. The first kappa shape index (κ1) is 14.0. The molecule has 3 nitrogen and oxygen atoms in total. The highest BCUT2D eigenvalue weighted by atomic mass is 16.5. The topological polar surface area (TPSA) is 41.5 Å². The minimum atomic E-state index is 0.314. The highest BCUT2D eigenvalue weighted by molar-refractivity contribution is 5.31. The summed E-state index contributed by atoms with van der Waals surface area (Å²) in [6, 6.07) is 7.72. The van der Waals surface area contributed by atoms with Gasteiger partial charge in [0.1, 0.15) is 5.75 Å². The Balaban J connectivity index is 2.49. The first-order chi connectivity index (χ1) is 8.15. The minimum Gasteiger partial charge on any atom is -0.508 e. The summed E-state index contributed by atoms with van der Waals surface area (Å²) in [6.45, 7) is 8.45. The Morgan fingerprint density at radius 3 is 2.59 bits per heavy atom. The van der Waals surface area contributed by atoms with Crippen molar-refractivity contribution < 1.29 is 9.84 Å². The molecule has 0 radical (unpaired) electrons. The molecule has 1 unspecified atom stereocenters. The minimum absolute atomic E-state index is 0.314. The van der Waals surface area contributed by atoms with Crippen LogP contribution in [-0.2, 0) is 11.3 Å². The maximum Gasteiger partial charge on any atom is 0.120 e. The lowest BCUT2D eigenvalue weighted by molar-refractivity contribution is 0.107. The van der Waals surface area contributed by atoms with Gasteiger partial charge in [0.2, 0.25) is 0 Å². The van der Waals surface area contributed by atoms with Crippen molar-refractivity contribution in [1.29, 1.82) is 0 Å². The van der Waals surface area contributed by atoms with Crippen LogP contribution in [0.25, 0.3) is 0 Å². The Kier molecular flexibility index (Phi) is 6.01. The molecule has 0 aliphatic rings. The number of benzene rings is 1. The monoisotopic (exact) mass is 237 g/mol. The molecule has 1 aromatic rings. The second-order valence-corrected chi connectivity index (χ2v) is 4.52. The predicted octanol–water partition coefficient (Wildman–Crippen LogP) is 2.54. The molecule has 0 aromatic heterocycles. The molecule has 1 rings (SSSR count). The quantitative estimate of drug-likeness (QED) is 0.765. The van der Waals surface area contributed by atoms with Crippen LogP contribution in [0, 0.1) is 5.92 Å². The molecule has 0 bridgehead atoms. The molecule has 1 aromatic carbocycles. The van der Waals surface area contributed by atoms with E-state index in [1.54, 1.807) is 6.07 Å². The zero-order valence-corrected chi connectivity index (χ0v) is 10.9. The standard InChI is InChI=1S/C14H23NO2/c1-4-17-10-13(11(2)3)15-9-12-7-5-6-8-14(12)16/h5-8,11,13,15-16H,4,9-10H2,1-3H3. The van der Waals surface area contributed by atoms with Gasteiger partial charge >= 0.3 is 0 Å². The molecule has 0 saturated carbocycles. The first-order valence-electron chi connectivity index (χ1n) is 6.23. The third-order valence-electron chi connectivity index (χ3n) is 2.85. The molecule has 17 heavy (non-hydrogen) atoms. The molecule has 3 heteroatoms. The summed E-state index contributed by atoms with van der Waals surface area (Å²) in [5, 5.41) is 13.1. The van der Waals surface area contributed by atoms with Gasteiger partial charge in [0.25, 0.3) is 0 Å². The predicted molar refractivity (Wildman–Crippen MR) is 70.1 cm³/mol. The third-order valence-corrected chi connectivity index (χ3v) is 2.85. The summed E-state index contributed by atoms with van der Waals surface area (Å²) in [5.74, 6) is 0.853. The molecule has 2 N–H and O–H groups in total. The zero-order chi connectivity index (χ0) is 12.7. The molecular weight excluding hydrogens is 214 g/mol. The molecule has 0 aliphatic carbocycles. The molecule has 0 spiro atoms. The molecule has 0 aliphatic heterocycles. The second kappa shape index (κ2) is 7.30. The van der Waals surface area contributed by atoms with Gasteiger partial charge in [0, 0.05) is 24.8 Å². The molecule has 1 atom stereocenters. The van der Waals surface area contributed by atoms with E-state index in [4.69, 9.17) is 4.74 Å². The van der Waals surface area contributed by atoms with E-state index in [9.17, 15) is 5.11 Å². The van der Waals surface area contributed by atoms with Crippen LogP contribution < -0.4 is 5.32 Å². The van der Waals surface area contributed by atoms with Crippen LogP contribution in [0.5, 0.6) is 5.75 Å². The van der Waals surface area contributed by atoms with Crippen molar-refractivity contribution in [1.82, 2.24) is 5.32 Å². The number of nitrogens with one attached hydrogen (secondary N) is 1. The average molecular weight is 237 g/mol. The number of para-hydroxylation sites is 1. The van der Waals surface area contributed by atoms with E-state index in [0.29, 0.717) is 30.9 Å². The Hall–Kier alpha value is -1.06. The van der Waals surface area contributed by atoms with E-state index < -0.39 is 0 Å². The van der Waals surface area contributed by atoms with E-state index >= 15 is 0 Å². The summed E-state index contributed by atoms with van der Waals surface area (Å²) in [4.78, 5) is 0. The Morgan fingerprint density at radius 2 is 2.00 bits per heavy atom. The highest BCUT2D eigenvalue weighted by Gasteiger charge is 2.13. The zero-order valence-electron chi connectivity index (χ0n) is 10.9. The maximum absolute atomic E-state index is 9.67. The fraction of sp³-hybridized carbons (Fsp3) is 0.571. The van der Waals surface area contributed by atoms with Crippen molar-refractivity contribution in [3.63, 3.8) is 0 Å². The number of ether oxygens (including phenoxy) is 1. The lowest BCUT2D eigenvalue weighted by Gasteiger charge is -2.22. The first-order valence-corrected chi connectivity index (χ1v) is 6.23. The van der Waals surface area contributed by atoms with E-state index in [1.807, 2.05) is 25.1 Å². The summed E-state index contributed by atoms with van der Waals surface area (Å²) in [7, 11) is 0. The molecule has 96 valence electrons. The van der Waals surface area contributed by atoms with Gasteiger partial charge in [-0.1, -0.05) is 32.0 Å². The average Bonchev–Trinajstić information content (AvgIpc) is 2.31. The summed E-state index contributed by atoms with van der Waals surface area (Å²) < 4.78 is 5.45. The van der Waals surface area contributed by atoms with Crippen molar-refractivity contribution in [2.45, 2.75) is 33.4 Å². The van der Waals surface area contributed by atoms with Crippen LogP contribution in [0.3, 0.4) is 0 Å². The van der Waals surface area contributed by atoms with Gasteiger partial charge in [-0.25, -0.2) is 0 Å². The van der Waals surface area contributed by atoms with Crippen LogP contribution in [0.4, 0.5) is 0 Å². The molecule has 0 heterocycles. The van der Waals surface area contributed by atoms with E-state index in [2.05, 4.69) is 19.2 Å². The maximum atomic E-state index is 9.67. The second-order valence-electron chi connectivity index (χ2n) is 4.52. The van der Waals surface area contributed by atoms with Crippen molar-refractivity contribution in [3.8, 4) is 5.75 Å².